The van der Waals surface area contributed by atoms with Crippen molar-refractivity contribution < 1.29 is 28.6 Å². The van der Waals surface area contributed by atoms with Crippen molar-refractivity contribution in [3.63, 3.8) is 0 Å². The van der Waals surface area contributed by atoms with Gasteiger partial charge in [0.25, 0.3) is 11.7 Å². The number of aliphatic hydroxyl groups is 1. The number of rotatable bonds is 8. The molecular formula is C25H27ClFNO5. The van der Waals surface area contributed by atoms with Crippen LogP contribution in [-0.2, 0) is 14.3 Å². The lowest BCUT2D eigenvalue weighted by molar-refractivity contribution is -0.140. The van der Waals surface area contributed by atoms with Crippen LogP contribution < -0.4 is 4.74 Å². The fourth-order valence-corrected chi connectivity index (χ4v) is 4.29. The number of amides is 1. The molecule has 0 radical (unpaired) electrons. The number of aliphatic hydroxyl groups excluding tert-OH is 1. The summed E-state index contributed by atoms with van der Waals surface area (Å²) < 4.78 is 25.7. The maximum absolute atomic E-state index is 14.9. The number of ether oxygens (including phenoxy) is 2. The van der Waals surface area contributed by atoms with Crippen LogP contribution in [0, 0.1) is 12.7 Å². The van der Waals surface area contributed by atoms with Gasteiger partial charge in [-0.3, -0.25) is 9.59 Å². The number of Topliss-reactive ketones (excluding diaryl/α,β-unsaturated/α-hetero) is 1. The van der Waals surface area contributed by atoms with Crippen LogP contribution >= 0.6 is 11.6 Å². The Morgan fingerprint density at radius 2 is 1.94 bits per heavy atom. The zero-order valence-electron chi connectivity index (χ0n) is 19.0. The molecule has 1 saturated heterocycles. The van der Waals surface area contributed by atoms with Gasteiger partial charge in [-0.2, -0.15) is 0 Å². The zero-order valence-corrected chi connectivity index (χ0v) is 19.8. The number of hydrogen-bond donors (Lipinski definition) is 1. The summed E-state index contributed by atoms with van der Waals surface area (Å²) in [5, 5.41) is 11.5. The molecule has 3 rings (SSSR count). The quantitative estimate of drug-likeness (QED) is 0.251. The summed E-state index contributed by atoms with van der Waals surface area (Å²) >= 11 is 6.27. The molecule has 1 fully saturated rings. The maximum Gasteiger partial charge on any atom is 0.295 e. The number of hydrogen-bond acceptors (Lipinski definition) is 5. The van der Waals surface area contributed by atoms with Gasteiger partial charge in [-0.1, -0.05) is 29.8 Å². The van der Waals surface area contributed by atoms with Crippen LogP contribution in [0.3, 0.4) is 0 Å². The van der Waals surface area contributed by atoms with Crippen LogP contribution in [0.15, 0.2) is 42.0 Å². The van der Waals surface area contributed by atoms with E-state index < -0.39 is 29.3 Å². The standard InChI is InChI=1S/C25H27ClFNO5/c1-14(2)33-11-7-10-28-21(16-8-5-6-9-19(16)27)20(23(30)25(28)31)22(29)17-12-15(3)13-18(26)24(17)32-4/h5-6,8-9,12-14,21,29H,7,10-11H2,1-4H3/b22-20+. The highest BCUT2D eigenvalue weighted by Crippen LogP contribution is 2.43. The molecule has 1 aliphatic rings. The molecule has 1 aliphatic heterocycles. The lowest BCUT2D eigenvalue weighted by Gasteiger charge is -2.26. The zero-order chi connectivity index (χ0) is 24.3. The average Bonchev–Trinajstić information content (AvgIpc) is 3.00. The molecule has 0 saturated carbocycles. The minimum Gasteiger partial charge on any atom is -0.507 e. The number of carbonyl (C=O) groups excluding carboxylic acids is 2. The van der Waals surface area contributed by atoms with Gasteiger partial charge in [-0.25, -0.2) is 4.39 Å². The summed E-state index contributed by atoms with van der Waals surface area (Å²) in [6, 6.07) is 8.03. The fraction of sp³-hybridized carbons (Fsp3) is 0.360. The van der Waals surface area contributed by atoms with Crippen molar-refractivity contribution in [1.29, 1.82) is 0 Å². The van der Waals surface area contributed by atoms with Crippen molar-refractivity contribution in [3.05, 3.63) is 69.5 Å². The summed E-state index contributed by atoms with van der Waals surface area (Å²) in [5.41, 5.74) is 0.769. The normalized spacial score (nSPS) is 17.8. The molecule has 0 aromatic heterocycles. The van der Waals surface area contributed by atoms with E-state index in [-0.39, 0.29) is 40.1 Å². The lowest BCUT2D eigenvalue weighted by Crippen LogP contribution is -2.31. The Labute approximate surface area is 197 Å². The van der Waals surface area contributed by atoms with Crippen molar-refractivity contribution in [1.82, 2.24) is 4.90 Å². The SMILES string of the molecule is COc1c(Cl)cc(C)cc1/C(O)=C1\C(=O)C(=O)N(CCCOC(C)C)C1c1ccccc1F. The second kappa shape index (κ2) is 10.4. The largest absolute Gasteiger partial charge is 0.507 e. The molecule has 0 spiro atoms. The highest BCUT2D eigenvalue weighted by atomic mass is 35.5. The first-order chi connectivity index (χ1) is 15.7. The van der Waals surface area contributed by atoms with Gasteiger partial charge >= 0.3 is 0 Å². The highest BCUT2D eigenvalue weighted by molar-refractivity contribution is 6.46. The number of methoxy groups -OCH3 is 1. The lowest BCUT2D eigenvalue weighted by atomic mass is 9.94. The molecule has 2 aromatic rings. The third-order valence-electron chi connectivity index (χ3n) is 5.38. The Balaban J connectivity index is 2.16. The number of nitrogens with zero attached hydrogens (tertiary/aromatic N) is 1. The predicted molar refractivity (Wildman–Crippen MR) is 124 cm³/mol. The van der Waals surface area contributed by atoms with Gasteiger partial charge in [0.15, 0.2) is 0 Å². The van der Waals surface area contributed by atoms with Crippen LogP contribution in [0.25, 0.3) is 5.76 Å². The van der Waals surface area contributed by atoms with Gasteiger partial charge in [0, 0.05) is 18.7 Å². The third kappa shape index (κ3) is 5.04. The molecular weight excluding hydrogens is 449 g/mol. The van der Waals surface area contributed by atoms with E-state index in [9.17, 15) is 19.1 Å². The smallest absolute Gasteiger partial charge is 0.295 e. The number of carbonyl (C=O) groups is 2. The maximum atomic E-state index is 14.9. The molecule has 33 heavy (non-hydrogen) atoms. The summed E-state index contributed by atoms with van der Waals surface area (Å²) in [5.74, 6) is -2.61. The molecule has 1 amide bonds. The summed E-state index contributed by atoms with van der Waals surface area (Å²) in [7, 11) is 1.38. The minimum atomic E-state index is -1.10. The van der Waals surface area contributed by atoms with E-state index in [1.807, 2.05) is 13.8 Å². The minimum absolute atomic E-state index is 0.0151. The second-order valence-corrected chi connectivity index (χ2v) is 8.52. The summed E-state index contributed by atoms with van der Waals surface area (Å²) in [6.07, 6.45) is 0.455. The van der Waals surface area contributed by atoms with E-state index in [0.29, 0.717) is 18.6 Å². The van der Waals surface area contributed by atoms with Crippen molar-refractivity contribution in [2.45, 2.75) is 39.3 Å². The Bertz CT molecular complexity index is 1100. The molecule has 176 valence electrons. The van der Waals surface area contributed by atoms with Gasteiger partial charge in [0.05, 0.1) is 35.4 Å². The van der Waals surface area contributed by atoms with E-state index in [0.717, 1.165) is 0 Å². The second-order valence-electron chi connectivity index (χ2n) is 8.11. The van der Waals surface area contributed by atoms with Gasteiger partial charge in [0.1, 0.15) is 17.3 Å². The number of ketones is 1. The van der Waals surface area contributed by atoms with E-state index in [1.54, 1.807) is 25.1 Å². The molecule has 1 unspecified atom stereocenters. The van der Waals surface area contributed by atoms with Crippen LogP contribution in [-0.4, -0.2) is 48.1 Å². The molecule has 2 aromatic carbocycles. The van der Waals surface area contributed by atoms with Crippen LogP contribution in [0.2, 0.25) is 5.02 Å². The summed E-state index contributed by atoms with van der Waals surface area (Å²) in [6.45, 7) is 6.08. The molecule has 0 aliphatic carbocycles. The average molecular weight is 476 g/mol. The number of likely N-dealkylation sites (tertiary alicyclic amines) is 1. The first kappa shape index (κ1) is 24.7. The van der Waals surface area contributed by atoms with Gasteiger partial charge in [-0.15, -0.1) is 0 Å². The Hall–Kier alpha value is -2.90. The molecule has 1 heterocycles. The first-order valence-electron chi connectivity index (χ1n) is 10.7. The van der Waals surface area contributed by atoms with Crippen LogP contribution in [0.4, 0.5) is 4.39 Å². The molecule has 8 heteroatoms. The predicted octanol–water partition coefficient (Wildman–Crippen LogP) is 5.03. The van der Waals surface area contributed by atoms with Gasteiger partial charge in [-0.05, 0) is 51.0 Å². The van der Waals surface area contributed by atoms with E-state index in [2.05, 4.69) is 0 Å². The van der Waals surface area contributed by atoms with Crippen molar-refractivity contribution in [2.75, 3.05) is 20.3 Å². The number of benzene rings is 2. The van der Waals surface area contributed by atoms with Crippen molar-refractivity contribution in [3.8, 4) is 5.75 Å². The van der Waals surface area contributed by atoms with Gasteiger partial charge in [0.2, 0.25) is 0 Å². The van der Waals surface area contributed by atoms with E-state index in [1.165, 1.54) is 30.2 Å². The first-order valence-corrected chi connectivity index (χ1v) is 11.0. The Morgan fingerprint density at radius 1 is 1.24 bits per heavy atom. The molecule has 0 bridgehead atoms. The fourth-order valence-electron chi connectivity index (χ4n) is 3.94. The summed E-state index contributed by atoms with van der Waals surface area (Å²) in [4.78, 5) is 27.4. The molecule has 6 nitrogen and oxygen atoms in total. The molecule has 1 N–H and O–H groups in total. The van der Waals surface area contributed by atoms with Crippen LogP contribution in [0.1, 0.15) is 43.0 Å². The third-order valence-corrected chi connectivity index (χ3v) is 5.66. The van der Waals surface area contributed by atoms with Crippen LogP contribution in [0.5, 0.6) is 5.75 Å². The van der Waals surface area contributed by atoms with Crippen molar-refractivity contribution in [2.24, 2.45) is 0 Å². The number of halogens is 2. The molecule has 1 atom stereocenters. The Morgan fingerprint density at radius 3 is 2.58 bits per heavy atom. The van der Waals surface area contributed by atoms with E-state index >= 15 is 0 Å². The highest BCUT2D eigenvalue weighted by Gasteiger charge is 2.47. The van der Waals surface area contributed by atoms with E-state index in [4.69, 9.17) is 21.1 Å². The van der Waals surface area contributed by atoms with Gasteiger partial charge < -0.3 is 19.5 Å². The number of aryl methyl sites for hydroxylation is 1. The Kier molecular flexibility index (Phi) is 7.76. The monoisotopic (exact) mass is 475 g/mol. The van der Waals surface area contributed by atoms with Crippen molar-refractivity contribution >= 4 is 29.1 Å². The topological polar surface area (TPSA) is 76.1 Å².